The first kappa shape index (κ1) is 16.9. The zero-order valence-corrected chi connectivity index (χ0v) is 16.1. The summed E-state index contributed by atoms with van der Waals surface area (Å²) in [6.07, 6.45) is 15.9. The molecule has 0 amide bonds. The molecular formula is C23H35N3. The van der Waals surface area contributed by atoms with Crippen molar-refractivity contribution in [3.05, 3.63) is 24.3 Å². The highest BCUT2D eigenvalue weighted by Gasteiger charge is 2.44. The van der Waals surface area contributed by atoms with Crippen molar-refractivity contribution in [1.29, 1.82) is 0 Å². The largest absolute Gasteiger partial charge is 0.397 e. The van der Waals surface area contributed by atoms with E-state index in [0.717, 1.165) is 41.3 Å². The molecule has 5 rings (SSSR count). The molecule has 1 aromatic rings. The smallest absolute Gasteiger partial charge is 0.0576 e. The summed E-state index contributed by atoms with van der Waals surface area (Å²) in [4.78, 5) is 3.03. The Morgan fingerprint density at radius 1 is 0.769 bits per heavy atom. The lowest BCUT2D eigenvalue weighted by molar-refractivity contribution is -0.0382. The first-order chi connectivity index (χ1) is 12.8. The Bertz CT molecular complexity index is 604. The van der Waals surface area contributed by atoms with E-state index in [9.17, 15) is 0 Å². The van der Waals surface area contributed by atoms with E-state index in [2.05, 4.69) is 22.3 Å². The van der Waals surface area contributed by atoms with Crippen molar-refractivity contribution in [3.63, 3.8) is 0 Å². The van der Waals surface area contributed by atoms with Crippen LogP contribution in [0.1, 0.15) is 70.6 Å². The van der Waals surface area contributed by atoms with Crippen molar-refractivity contribution in [1.82, 2.24) is 4.90 Å². The van der Waals surface area contributed by atoms with Crippen LogP contribution in [-0.4, -0.2) is 29.1 Å². The first-order valence-electron chi connectivity index (χ1n) is 11.1. The summed E-state index contributed by atoms with van der Waals surface area (Å²) in [5, 5.41) is 3.79. The van der Waals surface area contributed by atoms with E-state index < -0.39 is 0 Å². The van der Waals surface area contributed by atoms with Crippen LogP contribution in [0.25, 0.3) is 0 Å². The standard InChI is InChI=1S/C23H35N3/c24-22-9-1-2-10-23(22)25-18-14-19-7-4-8-20(15-18)26(19)21-12-16-5-3-6-17(11-16)13-21/h1-2,9-10,16-21,25H,3-8,11-15,24H2/t16?,17?,18-,19+,20-,21?. The molecule has 4 fully saturated rings. The third-order valence-corrected chi connectivity index (χ3v) is 7.88. The van der Waals surface area contributed by atoms with Gasteiger partial charge in [0.2, 0.25) is 0 Å². The van der Waals surface area contributed by atoms with Gasteiger partial charge in [-0.3, -0.25) is 4.90 Å². The number of nitrogens with one attached hydrogen (secondary N) is 1. The summed E-state index contributed by atoms with van der Waals surface area (Å²) in [6.45, 7) is 0. The highest BCUT2D eigenvalue weighted by atomic mass is 15.2. The van der Waals surface area contributed by atoms with Gasteiger partial charge < -0.3 is 11.1 Å². The monoisotopic (exact) mass is 353 g/mol. The molecular weight excluding hydrogens is 318 g/mol. The van der Waals surface area contributed by atoms with E-state index in [-0.39, 0.29) is 0 Å². The predicted octanol–water partition coefficient (Wildman–Crippen LogP) is 5.04. The number of rotatable bonds is 3. The number of nitrogen functional groups attached to an aromatic ring is 1. The fraction of sp³-hybridized carbons (Fsp3) is 0.739. The van der Waals surface area contributed by atoms with Crippen molar-refractivity contribution in [2.24, 2.45) is 11.8 Å². The lowest BCUT2D eigenvalue weighted by Gasteiger charge is -2.55. The summed E-state index contributed by atoms with van der Waals surface area (Å²) in [5.74, 6) is 2.07. The first-order valence-corrected chi connectivity index (χ1v) is 11.1. The highest BCUT2D eigenvalue weighted by Crippen LogP contribution is 2.46. The molecule has 0 radical (unpaired) electrons. The summed E-state index contributed by atoms with van der Waals surface area (Å²) in [6, 6.07) is 11.3. The molecule has 3 heteroatoms. The summed E-state index contributed by atoms with van der Waals surface area (Å²) >= 11 is 0. The van der Waals surface area contributed by atoms with Crippen LogP contribution in [0.5, 0.6) is 0 Å². The Hall–Kier alpha value is -1.22. The molecule has 2 heterocycles. The molecule has 0 aromatic heterocycles. The van der Waals surface area contributed by atoms with Crippen molar-refractivity contribution in [3.8, 4) is 0 Å². The molecule has 2 unspecified atom stereocenters. The zero-order chi connectivity index (χ0) is 17.5. The maximum atomic E-state index is 6.18. The van der Waals surface area contributed by atoms with Gasteiger partial charge in [0, 0.05) is 24.2 Å². The third kappa shape index (κ3) is 3.24. The number of fused-ring (bicyclic) bond motifs is 4. The molecule has 142 valence electrons. The van der Waals surface area contributed by atoms with E-state index in [1.54, 1.807) is 0 Å². The van der Waals surface area contributed by atoms with E-state index in [1.807, 2.05) is 12.1 Å². The predicted molar refractivity (Wildman–Crippen MR) is 109 cm³/mol. The highest BCUT2D eigenvalue weighted by molar-refractivity contribution is 5.66. The van der Waals surface area contributed by atoms with Crippen LogP contribution in [0, 0.1) is 11.8 Å². The number of nitrogens with zero attached hydrogens (tertiary/aromatic N) is 1. The normalized spacial score (nSPS) is 40.2. The molecule has 2 saturated heterocycles. The second-order valence-corrected chi connectivity index (χ2v) is 9.61. The van der Waals surface area contributed by atoms with Gasteiger partial charge in [0.05, 0.1) is 11.4 Å². The van der Waals surface area contributed by atoms with Crippen molar-refractivity contribution < 1.29 is 0 Å². The summed E-state index contributed by atoms with van der Waals surface area (Å²) in [5.41, 5.74) is 8.20. The van der Waals surface area contributed by atoms with Gasteiger partial charge in [0.1, 0.15) is 0 Å². The number of nitrogens with two attached hydrogens (primary N) is 1. The lowest BCUT2D eigenvalue weighted by atomic mass is 9.68. The minimum absolute atomic E-state index is 0.592. The van der Waals surface area contributed by atoms with Crippen molar-refractivity contribution in [2.75, 3.05) is 11.1 Å². The molecule has 2 saturated carbocycles. The molecule has 2 aliphatic heterocycles. The zero-order valence-electron chi connectivity index (χ0n) is 16.1. The van der Waals surface area contributed by atoms with Gasteiger partial charge in [0.25, 0.3) is 0 Å². The molecule has 26 heavy (non-hydrogen) atoms. The van der Waals surface area contributed by atoms with Gasteiger partial charge in [-0.1, -0.05) is 37.8 Å². The van der Waals surface area contributed by atoms with E-state index in [0.29, 0.717) is 6.04 Å². The molecule has 1 aromatic carbocycles. The molecule has 3 N–H and O–H groups in total. The van der Waals surface area contributed by atoms with E-state index in [1.165, 1.54) is 70.6 Å². The number of hydrogen-bond acceptors (Lipinski definition) is 3. The van der Waals surface area contributed by atoms with Gasteiger partial charge in [0.15, 0.2) is 0 Å². The summed E-state index contributed by atoms with van der Waals surface area (Å²) in [7, 11) is 0. The SMILES string of the molecule is Nc1ccccc1N[C@H]1C[C@H]2CCC[C@@H](C1)N2C1CC2CCCC(C2)C1. The van der Waals surface area contributed by atoms with Crippen LogP contribution in [0.15, 0.2) is 24.3 Å². The fourth-order valence-corrected chi connectivity index (χ4v) is 6.92. The number of anilines is 2. The molecule has 0 spiro atoms. The maximum absolute atomic E-state index is 6.18. The van der Waals surface area contributed by atoms with Gasteiger partial charge in [-0.05, 0) is 68.9 Å². The average Bonchev–Trinajstić information content (AvgIpc) is 2.62. The molecule has 2 aliphatic carbocycles. The van der Waals surface area contributed by atoms with Crippen LogP contribution >= 0.6 is 0 Å². The molecule has 4 aliphatic rings. The Morgan fingerprint density at radius 3 is 2.12 bits per heavy atom. The Morgan fingerprint density at radius 2 is 1.42 bits per heavy atom. The van der Waals surface area contributed by atoms with Crippen LogP contribution in [0.4, 0.5) is 11.4 Å². The van der Waals surface area contributed by atoms with Gasteiger partial charge >= 0.3 is 0 Å². The van der Waals surface area contributed by atoms with Crippen molar-refractivity contribution in [2.45, 2.75) is 94.8 Å². The van der Waals surface area contributed by atoms with Crippen LogP contribution in [-0.2, 0) is 0 Å². The number of piperidine rings is 2. The van der Waals surface area contributed by atoms with Crippen LogP contribution in [0.3, 0.4) is 0 Å². The van der Waals surface area contributed by atoms with E-state index in [4.69, 9.17) is 5.73 Å². The second kappa shape index (κ2) is 7.07. The summed E-state index contributed by atoms with van der Waals surface area (Å²) < 4.78 is 0. The average molecular weight is 354 g/mol. The molecule has 4 bridgehead atoms. The number of benzene rings is 1. The van der Waals surface area contributed by atoms with Crippen LogP contribution < -0.4 is 11.1 Å². The number of para-hydroxylation sites is 2. The lowest BCUT2D eigenvalue weighted by Crippen LogP contribution is -2.60. The van der Waals surface area contributed by atoms with Gasteiger partial charge in [-0.15, -0.1) is 0 Å². The third-order valence-electron chi connectivity index (χ3n) is 7.88. The minimum atomic E-state index is 0.592. The molecule has 5 atom stereocenters. The second-order valence-electron chi connectivity index (χ2n) is 9.61. The quantitative estimate of drug-likeness (QED) is 0.748. The topological polar surface area (TPSA) is 41.3 Å². The Kier molecular flexibility index (Phi) is 4.60. The molecule has 3 nitrogen and oxygen atoms in total. The number of hydrogen-bond donors (Lipinski definition) is 2. The van der Waals surface area contributed by atoms with Gasteiger partial charge in [-0.25, -0.2) is 0 Å². The Balaban J connectivity index is 1.29. The minimum Gasteiger partial charge on any atom is -0.397 e. The maximum Gasteiger partial charge on any atom is 0.0576 e. The fourth-order valence-electron chi connectivity index (χ4n) is 6.92. The van der Waals surface area contributed by atoms with Gasteiger partial charge in [-0.2, -0.15) is 0 Å². The van der Waals surface area contributed by atoms with E-state index >= 15 is 0 Å². The van der Waals surface area contributed by atoms with Crippen LogP contribution in [0.2, 0.25) is 0 Å². The Labute approximate surface area is 158 Å². The van der Waals surface area contributed by atoms with Crippen molar-refractivity contribution >= 4 is 11.4 Å².